The molecule has 0 heterocycles. The number of hydrogen-bond donors (Lipinski definition) is 0. The van der Waals surface area contributed by atoms with Gasteiger partial charge in [0.1, 0.15) is 11.9 Å². The molecule has 0 fully saturated rings. The molecular weight excluding hydrogens is 230 g/mol. The fraction of sp³-hybridized carbons (Fsp3) is 0.429. The van der Waals surface area contributed by atoms with Crippen LogP contribution in [0.1, 0.15) is 33.3 Å². The van der Waals surface area contributed by atoms with Gasteiger partial charge in [-0.05, 0) is 30.0 Å². The van der Waals surface area contributed by atoms with Crippen LogP contribution in [0.3, 0.4) is 0 Å². The Morgan fingerprint density at radius 2 is 1.89 bits per heavy atom. The van der Waals surface area contributed by atoms with E-state index in [4.69, 9.17) is 0 Å². The summed E-state index contributed by atoms with van der Waals surface area (Å²) in [5, 5.41) is 11.1. The third-order valence-corrected chi connectivity index (χ3v) is 2.63. The van der Waals surface area contributed by atoms with Crippen LogP contribution >= 0.6 is 0 Å². The molecule has 4 heteroatoms. The highest BCUT2D eigenvalue weighted by molar-refractivity contribution is 5.93. The van der Waals surface area contributed by atoms with E-state index in [1.807, 2.05) is 26.8 Å². The van der Waals surface area contributed by atoms with Crippen LogP contribution in [0.5, 0.6) is 0 Å². The maximum Gasteiger partial charge on any atom is 0.149 e. The largest absolute Gasteiger partial charge is 0.530 e. The first kappa shape index (κ1) is 14.2. The fourth-order valence-electron chi connectivity index (χ4n) is 1.62. The van der Waals surface area contributed by atoms with E-state index < -0.39 is 6.09 Å². The Labute approximate surface area is 107 Å². The summed E-state index contributed by atoms with van der Waals surface area (Å²) in [4.78, 5) is 23.1. The monoisotopic (exact) mass is 248 g/mol. The number of carbonyl (C=O) groups is 2. The molecule has 4 nitrogen and oxygen atoms in total. The number of nitrogens with zero attached hydrogens (tertiary/aromatic N) is 1. The maximum absolute atomic E-state index is 11.1. The van der Waals surface area contributed by atoms with Crippen molar-refractivity contribution in [2.45, 2.75) is 33.1 Å². The second kappa shape index (κ2) is 5.21. The Balaban J connectivity index is 3.13. The number of Topliss-reactive ketones (excluding diaryl/α,β-unsaturated/α-hetero) is 1. The molecule has 1 rings (SSSR count). The van der Waals surface area contributed by atoms with Crippen LogP contribution in [0.15, 0.2) is 24.3 Å². The van der Waals surface area contributed by atoms with Crippen molar-refractivity contribution >= 4 is 17.6 Å². The molecule has 0 unspecified atom stereocenters. The molecule has 1 amide bonds. The average Bonchev–Trinajstić information content (AvgIpc) is 2.24. The molecule has 0 aliphatic rings. The van der Waals surface area contributed by atoms with Crippen molar-refractivity contribution in [3.8, 4) is 0 Å². The van der Waals surface area contributed by atoms with Gasteiger partial charge in [-0.2, -0.15) is 0 Å². The summed E-state index contributed by atoms with van der Waals surface area (Å²) in [5.74, 6) is -0.222. The molecule has 0 saturated carbocycles. The number of benzene rings is 1. The topological polar surface area (TPSA) is 60.4 Å². The number of ketones is 1. The average molecular weight is 248 g/mol. The highest BCUT2D eigenvalue weighted by atomic mass is 16.4. The van der Waals surface area contributed by atoms with E-state index in [9.17, 15) is 14.7 Å². The summed E-state index contributed by atoms with van der Waals surface area (Å²) in [5.41, 5.74) is 1.40. The third-order valence-electron chi connectivity index (χ3n) is 2.63. The zero-order valence-electron chi connectivity index (χ0n) is 11.2. The van der Waals surface area contributed by atoms with Gasteiger partial charge in [0.25, 0.3) is 0 Å². The second-order valence-electron chi connectivity index (χ2n) is 5.35. The molecular formula is C14H18NO3-. The van der Waals surface area contributed by atoms with E-state index in [2.05, 4.69) is 0 Å². The number of carbonyl (C=O) groups excluding carboxylic acids is 2. The molecule has 0 radical (unpaired) electrons. The Bertz CT molecular complexity index is 460. The SMILES string of the molecule is CC(=O)CN(C(=O)[O-])c1cccc(C(C)(C)C)c1. The molecule has 0 saturated heterocycles. The molecule has 98 valence electrons. The van der Waals surface area contributed by atoms with E-state index in [0.29, 0.717) is 5.69 Å². The third kappa shape index (κ3) is 3.58. The van der Waals surface area contributed by atoms with Gasteiger partial charge in [-0.1, -0.05) is 32.9 Å². The summed E-state index contributed by atoms with van der Waals surface area (Å²) < 4.78 is 0. The van der Waals surface area contributed by atoms with Crippen molar-refractivity contribution in [3.05, 3.63) is 29.8 Å². The second-order valence-corrected chi connectivity index (χ2v) is 5.35. The van der Waals surface area contributed by atoms with Crippen molar-refractivity contribution in [1.82, 2.24) is 0 Å². The van der Waals surface area contributed by atoms with Crippen molar-refractivity contribution < 1.29 is 14.7 Å². The van der Waals surface area contributed by atoms with Gasteiger partial charge in [0, 0.05) is 5.69 Å². The molecule has 18 heavy (non-hydrogen) atoms. The fourth-order valence-corrected chi connectivity index (χ4v) is 1.62. The summed E-state index contributed by atoms with van der Waals surface area (Å²) in [7, 11) is 0. The summed E-state index contributed by atoms with van der Waals surface area (Å²) >= 11 is 0. The summed E-state index contributed by atoms with van der Waals surface area (Å²) in [6, 6.07) is 7.16. The number of hydrogen-bond acceptors (Lipinski definition) is 3. The molecule has 0 aliphatic heterocycles. The molecule has 1 aromatic rings. The minimum atomic E-state index is -1.36. The zero-order valence-corrected chi connectivity index (χ0v) is 11.2. The number of rotatable bonds is 3. The van der Waals surface area contributed by atoms with Gasteiger partial charge in [0.15, 0.2) is 0 Å². The Kier molecular flexibility index (Phi) is 4.11. The predicted octanol–water partition coefficient (Wildman–Crippen LogP) is 1.72. The first-order chi connectivity index (χ1) is 8.21. The van der Waals surface area contributed by atoms with Crippen molar-refractivity contribution in [1.29, 1.82) is 0 Å². The van der Waals surface area contributed by atoms with Crippen LogP contribution < -0.4 is 10.0 Å². The standard InChI is InChI=1S/C14H19NO3/c1-10(16)9-15(13(17)18)12-7-5-6-11(8-12)14(2,3)4/h5-8H,9H2,1-4H3,(H,17,18)/p-1. The van der Waals surface area contributed by atoms with Gasteiger partial charge in [-0.25, -0.2) is 0 Å². The lowest BCUT2D eigenvalue weighted by atomic mass is 9.87. The molecule has 0 spiro atoms. The molecule has 0 aromatic heterocycles. The van der Waals surface area contributed by atoms with Crippen LogP contribution in [-0.4, -0.2) is 18.4 Å². The Morgan fingerprint density at radius 3 is 2.33 bits per heavy atom. The van der Waals surface area contributed by atoms with Gasteiger partial charge < -0.3 is 14.8 Å². The molecule has 1 aromatic carbocycles. The molecule has 0 N–H and O–H groups in total. The van der Waals surface area contributed by atoms with E-state index in [0.717, 1.165) is 10.5 Å². The van der Waals surface area contributed by atoms with Crippen LogP contribution in [0.25, 0.3) is 0 Å². The van der Waals surface area contributed by atoms with Gasteiger partial charge in [0.2, 0.25) is 0 Å². The minimum absolute atomic E-state index is 0.0795. The highest BCUT2D eigenvalue weighted by Crippen LogP contribution is 2.26. The quantitative estimate of drug-likeness (QED) is 0.818. The van der Waals surface area contributed by atoms with Crippen LogP contribution in [0, 0.1) is 0 Å². The molecule has 0 bridgehead atoms. The lowest BCUT2D eigenvalue weighted by molar-refractivity contribution is -0.246. The summed E-state index contributed by atoms with van der Waals surface area (Å²) in [6.07, 6.45) is -1.36. The molecule has 0 aliphatic carbocycles. The lowest BCUT2D eigenvalue weighted by Gasteiger charge is -2.26. The predicted molar refractivity (Wildman–Crippen MR) is 68.6 cm³/mol. The van der Waals surface area contributed by atoms with Gasteiger partial charge in [-0.15, -0.1) is 0 Å². The van der Waals surface area contributed by atoms with E-state index >= 15 is 0 Å². The smallest absolute Gasteiger partial charge is 0.149 e. The first-order valence-corrected chi connectivity index (χ1v) is 5.80. The minimum Gasteiger partial charge on any atom is -0.530 e. The first-order valence-electron chi connectivity index (χ1n) is 5.80. The van der Waals surface area contributed by atoms with Gasteiger partial charge in [0.05, 0.1) is 6.54 Å². The highest BCUT2D eigenvalue weighted by Gasteiger charge is 2.16. The maximum atomic E-state index is 11.1. The van der Waals surface area contributed by atoms with Crippen molar-refractivity contribution in [2.24, 2.45) is 0 Å². The van der Waals surface area contributed by atoms with E-state index in [1.54, 1.807) is 18.2 Å². The van der Waals surface area contributed by atoms with E-state index in [1.165, 1.54) is 6.92 Å². The van der Waals surface area contributed by atoms with E-state index in [-0.39, 0.29) is 17.7 Å². The van der Waals surface area contributed by atoms with Gasteiger partial charge >= 0.3 is 0 Å². The van der Waals surface area contributed by atoms with Crippen molar-refractivity contribution in [2.75, 3.05) is 11.4 Å². The van der Waals surface area contributed by atoms with Crippen LogP contribution in [0.2, 0.25) is 0 Å². The van der Waals surface area contributed by atoms with Crippen LogP contribution in [-0.2, 0) is 10.2 Å². The Hall–Kier alpha value is -1.84. The normalized spacial score (nSPS) is 11.1. The number of carboxylic acid groups (broad SMARTS) is 1. The molecule has 0 atom stereocenters. The number of amides is 1. The zero-order chi connectivity index (χ0) is 13.9. The summed E-state index contributed by atoms with van der Waals surface area (Å²) in [6.45, 7) is 7.29. The van der Waals surface area contributed by atoms with Crippen molar-refractivity contribution in [3.63, 3.8) is 0 Å². The van der Waals surface area contributed by atoms with Crippen LogP contribution in [0.4, 0.5) is 10.5 Å². The number of anilines is 1. The lowest BCUT2D eigenvalue weighted by Crippen LogP contribution is -2.43. The Morgan fingerprint density at radius 1 is 1.28 bits per heavy atom. The van der Waals surface area contributed by atoms with Gasteiger partial charge in [-0.3, -0.25) is 4.79 Å².